The van der Waals surface area contributed by atoms with Crippen LogP contribution in [0.25, 0.3) is 10.9 Å². The van der Waals surface area contributed by atoms with Gasteiger partial charge in [-0.2, -0.15) is 0 Å². The molecule has 0 bridgehead atoms. The lowest BCUT2D eigenvalue weighted by molar-refractivity contribution is 0.167. The second kappa shape index (κ2) is 6.99. The van der Waals surface area contributed by atoms with Gasteiger partial charge in [0.2, 0.25) is 0 Å². The highest BCUT2D eigenvalue weighted by molar-refractivity contribution is 5.90. The van der Waals surface area contributed by atoms with Crippen LogP contribution < -0.4 is 19.1 Å². The standard InChI is InChI=1S/C22H24N2O3/c1-14-6-5-7-16(8-14)27-18-12-24(13-18)21-9-15(2)19-10-17(25-3)11-20(26-4)22(19)23-21/h5-11,18H,12-13H2,1-4H3. The van der Waals surface area contributed by atoms with Crippen LogP contribution in [0.3, 0.4) is 0 Å². The molecule has 0 atom stereocenters. The fraction of sp³-hybridized carbons (Fsp3) is 0.318. The van der Waals surface area contributed by atoms with Gasteiger partial charge < -0.3 is 19.1 Å². The van der Waals surface area contributed by atoms with Crippen molar-refractivity contribution in [2.45, 2.75) is 20.0 Å². The molecule has 0 spiro atoms. The van der Waals surface area contributed by atoms with Gasteiger partial charge in [-0.3, -0.25) is 0 Å². The molecule has 2 aromatic carbocycles. The minimum Gasteiger partial charge on any atom is -0.497 e. The Morgan fingerprint density at radius 1 is 0.963 bits per heavy atom. The third-order valence-electron chi connectivity index (χ3n) is 4.97. The zero-order valence-electron chi connectivity index (χ0n) is 16.2. The molecule has 0 saturated carbocycles. The monoisotopic (exact) mass is 364 g/mol. The predicted octanol–water partition coefficient (Wildman–Crippen LogP) is 4.14. The summed E-state index contributed by atoms with van der Waals surface area (Å²) in [5, 5.41) is 1.04. The second-order valence-corrected chi connectivity index (χ2v) is 6.98. The molecule has 27 heavy (non-hydrogen) atoms. The van der Waals surface area contributed by atoms with Gasteiger partial charge in [-0.25, -0.2) is 4.98 Å². The number of aryl methyl sites for hydroxylation is 2. The lowest BCUT2D eigenvalue weighted by Crippen LogP contribution is -2.54. The first-order chi connectivity index (χ1) is 13.1. The van der Waals surface area contributed by atoms with Crippen LogP contribution in [0.15, 0.2) is 42.5 Å². The van der Waals surface area contributed by atoms with E-state index in [-0.39, 0.29) is 6.10 Å². The van der Waals surface area contributed by atoms with E-state index in [1.165, 1.54) is 5.56 Å². The Kier molecular flexibility index (Phi) is 4.52. The van der Waals surface area contributed by atoms with Crippen molar-refractivity contribution in [3.05, 3.63) is 53.6 Å². The summed E-state index contributed by atoms with van der Waals surface area (Å²) >= 11 is 0. The van der Waals surface area contributed by atoms with Gasteiger partial charge in [-0.05, 0) is 49.2 Å². The minimum absolute atomic E-state index is 0.183. The third kappa shape index (κ3) is 3.37. The van der Waals surface area contributed by atoms with Crippen molar-refractivity contribution < 1.29 is 14.2 Å². The first kappa shape index (κ1) is 17.5. The number of nitrogens with zero attached hydrogens (tertiary/aromatic N) is 2. The van der Waals surface area contributed by atoms with Crippen molar-refractivity contribution >= 4 is 16.7 Å². The molecule has 1 aliphatic heterocycles. The van der Waals surface area contributed by atoms with Gasteiger partial charge in [-0.15, -0.1) is 0 Å². The normalized spacial score (nSPS) is 14.1. The molecule has 5 heteroatoms. The van der Waals surface area contributed by atoms with Crippen LogP contribution in [-0.4, -0.2) is 38.4 Å². The Morgan fingerprint density at radius 2 is 1.78 bits per heavy atom. The van der Waals surface area contributed by atoms with Crippen molar-refractivity contribution in [2.24, 2.45) is 0 Å². The molecule has 0 radical (unpaired) electrons. The van der Waals surface area contributed by atoms with Crippen LogP contribution in [0.4, 0.5) is 5.82 Å². The fourth-order valence-corrected chi connectivity index (χ4v) is 3.43. The van der Waals surface area contributed by atoms with E-state index in [2.05, 4.69) is 36.9 Å². The first-order valence-electron chi connectivity index (χ1n) is 9.09. The molecule has 0 N–H and O–H groups in total. The van der Waals surface area contributed by atoms with Gasteiger partial charge in [0.1, 0.15) is 34.7 Å². The predicted molar refractivity (Wildman–Crippen MR) is 107 cm³/mol. The molecular formula is C22H24N2O3. The van der Waals surface area contributed by atoms with E-state index in [4.69, 9.17) is 19.2 Å². The largest absolute Gasteiger partial charge is 0.497 e. The molecule has 4 rings (SSSR count). The number of fused-ring (bicyclic) bond motifs is 1. The summed E-state index contributed by atoms with van der Waals surface area (Å²) in [6.07, 6.45) is 0.183. The highest BCUT2D eigenvalue weighted by Gasteiger charge is 2.30. The highest BCUT2D eigenvalue weighted by atomic mass is 16.5. The molecule has 5 nitrogen and oxygen atoms in total. The van der Waals surface area contributed by atoms with Crippen LogP contribution in [0.1, 0.15) is 11.1 Å². The highest BCUT2D eigenvalue weighted by Crippen LogP contribution is 2.34. The number of pyridine rings is 1. The molecule has 2 heterocycles. The van der Waals surface area contributed by atoms with Crippen molar-refractivity contribution in [1.82, 2.24) is 4.98 Å². The Bertz CT molecular complexity index is 981. The number of methoxy groups -OCH3 is 2. The Morgan fingerprint density at radius 3 is 2.48 bits per heavy atom. The zero-order valence-corrected chi connectivity index (χ0v) is 16.2. The van der Waals surface area contributed by atoms with E-state index in [1.807, 2.05) is 24.3 Å². The molecule has 3 aromatic rings. The summed E-state index contributed by atoms with van der Waals surface area (Å²) in [7, 11) is 3.32. The summed E-state index contributed by atoms with van der Waals surface area (Å²) in [5.74, 6) is 3.37. The fourth-order valence-electron chi connectivity index (χ4n) is 3.43. The Labute approximate surface area is 159 Å². The second-order valence-electron chi connectivity index (χ2n) is 6.98. The molecule has 140 valence electrons. The van der Waals surface area contributed by atoms with Crippen LogP contribution >= 0.6 is 0 Å². The SMILES string of the molecule is COc1cc(OC)c2nc(N3CC(Oc4cccc(C)c4)C3)cc(C)c2c1. The van der Waals surface area contributed by atoms with E-state index < -0.39 is 0 Å². The number of rotatable bonds is 5. The summed E-state index contributed by atoms with van der Waals surface area (Å²) in [5.41, 5.74) is 3.21. The molecule has 0 unspecified atom stereocenters. The quantitative estimate of drug-likeness (QED) is 0.681. The van der Waals surface area contributed by atoms with E-state index in [0.29, 0.717) is 0 Å². The molecule has 0 amide bonds. The average molecular weight is 364 g/mol. The van der Waals surface area contributed by atoms with E-state index in [1.54, 1.807) is 14.2 Å². The van der Waals surface area contributed by atoms with Crippen LogP contribution in [0.5, 0.6) is 17.2 Å². The number of aromatic nitrogens is 1. The smallest absolute Gasteiger partial charge is 0.148 e. The lowest BCUT2D eigenvalue weighted by atomic mass is 10.1. The van der Waals surface area contributed by atoms with Crippen LogP contribution in [0.2, 0.25) is 0 Å². The number of benzene rings is 2. The molecule has 0 aliphatic carbocycles. The maximum Gasteiger partial charge on any atom is 0.148 e. The molecule has 1 aliphatic rings. The molecular weight excluding hydrogens is 340 g/mol. The number of hydrogen-bond donors (Lipinski definition) is 0. The molecule has 1 fully saturated rings. The zero-order chi connectivity index (χ0) is 19.0. The van der Waals surface area contributed by atoms with Gasteiger partial charge in [0, 0.05) is 11.5 Å². The van der Waals surface area contributed by atoms with Crippen molar-refractivity contribution in [2.75, 3.05) is 32.2 Å². The average Bonchev–Trinajstić information content (AvgIpc) is 2.63. The van der Waals surface area contributed by atoms with Gasteiger partial charge >= 0.3 is 0 Å². The maximum absolute atomic E-state index is 6.07. The van der Waals surface area contributed by atoms with Gasteiger partial charge in [0.15, 0.2) is 0 Å². The van der Waals surface area contributed by atoms with Crippen LogP contribution in [0, 0.1) is 13.8 Å². The van der Waals surface area contributed by atoms with Gasteiger partial charge in [-0.1, -0.05) is 12.1 Å². The number of ether oxygens (including phenoxy) is 3. The summed E-state index contributed by atoms with van der Waals surface area (Å²) in [4.78, 5) is 7.08. The summed E-state index contributed by atoms with van der Waals surface area (Å²) < 4.78 is 17.0. The first-order valence-corrected chi connectivity index (χ1v) is 9.09. The molecule has 1 saturated heterocycles. The minimum atomic E-state index is 0.183. The molecule has 1 aromatic heterocycles. The summed E-state index contributed by atoms with van der Waals surface area (Å²) in [6, 6.07) is 14.2. The lowest BCUT2D eigenvalue weighted by Gasteiger charge is -2.40. The number of anilines is 1. The topological polar surface area (TPSA) is 43.8 Å². The number of hydrogen-bond acceptors (Lipinski definition) is 5. The van der Waals surface area contributed by atoms with Gasteiger partial charge in [0.25, 0.3) is 0 Å². The summed E-state index contributed by atoms with van der Waals surface area (Å²) in [6.45, 7) is 5.81. The van der Waals surface area contributed by atoms with Crippen molar-refractivity contribution in [1.29, 1.82) is 0 Å². The Balaban J connectivity index is 1.55. The van der Waals surface area contributed by atoms with E-state index in [9.17, 15) is 0 Å². The van der Waals surface area contributed by atoms with E-state index >= 15 is 0 Å². The van der Waals surface area contributed by atoms with Crippen molar-refractivity contribution in [3.8, 4) is 17.2 Å². The van der Waals surface area contributed by atoms with Crippen LogP contribution in [-0.2, 0) is 0 Å². The third-order valence-corrected chi connectivity index (χ3v) is 4.97. The Hall–Kier alpha value is -2.95. The maximum atomic E-state index is 6.07. The van der Waals surface area contributed by atoms with Gasteiger partial charge in [0.05, 0.1) is 27.3 Å². The van der Waals surface area contributed by atoms with E-state index in [0.717, 1.165) is 52.6 Å². The van der Waals surface area contributed by atoms with Crippen molar-refractivity contribution in [3.63, 3.8) is 0 Å².